The summed E-state index contributed by atoms with van der Waals surface area (Å²) in [6.07, 6.45) is 2.64. The van der Waals surface area contributed by atoms with Crippen LogP contribution in [0.2, 0.25) is 0 Å². The molecule has 0 aliphatic rings. The van der Waals surface area contributed by atoms with Gasteiger partial charge in [0.05, 0.1) is 4.90 Å². The van der Waals surface area contributed by atoms with Crippen LogP contribution in [0, 0.1) is 6.92 Å². The number of unbranched alkanes of at least 4 members (excludes halogenated alkanes) is 1. The number of benzene rings is 1. The molecule has 0 bridgehead atoms. The summed E-state index contributed by atoms with van der Waals surface area (Å²) < 4.78 is 25.3. The molecule has 0 aliphatic heterocycles. The number of rotatable bonds is 4. The van der Waals surface area contributed by atoms with Crippen molar-refractivity contribution in [2.75, 3.05) is 6.54 Å². The van der Waals surface area contributed by atoms with E-state index in [9.17, 15) is 8.42 Å². The number of aryl methyl sites for hydroxylation is 1. The zero-order chi connectivity index (χ0) is 13.3. The molecule has 1 aromatic carbocycles. The SMILES string of the molecule is CCCC.CCNS(=O)(=O)c1ccc(C)cc1.[HH]. The fourth-order valence-corrected chi connectivity index (χ4v) is 2.03. The Morgan fingerprint density at radius 3 is 1.88 bits per heavy atom. The standard InChI is InChI=1S/C9H13NO2S.C4H10.H2/c1-3-10-13(11,12)9-6-4-8(2)5-7-9;1-3-4-2;/h4-7,10H,3H2,1-2H3;3-4H2,1-2H3;1H. The van der Waals surface area contributed by atoms with Crippen LogP contribution in [-0.2, 0) is 10.0 Å². The van der Waals surface area contributed by atoms with Crippen molar-refractivity contribution in [2.24, 2.45) is 0 Å². The molecule has 0 saturated carbocycles. The van der Waals surface area contributed by atoms with Crippen molar-refractivity contribution in [1.82, 2.24) is 4.72 Å². The first-order chi connectivity index (χ1) is 7.97. The predicted octanol–water partition coefficient (Wildman–Crippen LogP) is 3.35. The molecule has 0 aromatic heterocycles. The molecule has 0 atom stereocenters. The van der Waals surface area contributed by atoms with Crippen molar-refractivity contribution in [1.29, 1.82) is 0 Å². The number of hydrogen-bond donors (Lipinski definition) is 1. The molecule has 0 radical (unpaired) electrons. The monoisotopic (exact) mass is 259 g/mol. The van der Waals surface area contributed by atoms with Gasteiger partial charge in [0.1, 0.15) is 0 Å². The first-order valence-corrected chi connectivity index (χ1v) is 7.52. The van der Waals surface area contributed by atoms with E-state index in [2.05, 4.69) is 18.6 Å². The zero-order valence-corrected chi connectivity index (χ0v) is 12.0. The number of sulfonamides is 1. The Hall–Kier alpha value is -0.870. The highest BCUT2D eigenvalue weighted by atomic mass is 32.2. The van der Waals surface area contributed by atoms with Crippen LogP contribution in [0.1, 0.15) is 40.6 Å². The summed E-state index contributed by atoms with van der Waals surface area (Å²) >= 11 is 0. The minimum atomic E-state index is -3.28. The lowest BCUT2D eigenvalue weighted by atomic mass is 10.2. The molecule has 0 unspecified atom stereocenters. The molecular formula is C13H25NO2S. The second kappa shape index (κ2) is 8.25. The van der Waals surface area contributed by atoms with E-state index in [0.717, 1.165) is 5.56 Å². The third-order valence-corrected chi connectivity index (χ3v) is 3.73. The molecule has 1 rings (SSSR count). The van der Waals surface area contributed by atoms with Gasteiger partial charge in [-0.2, -0.15) is 0 Å². The lowest BCUT2D eigenvalue weighted by Crippen LogP contribution is -2.22. The first kappa shape index (κ1) is 16.1. The Morgan fingerprint density at radius 2 is 1.53 bits per heavy atom. The molecule has 0 amide bonds. The second-order valence-corrected chi connectivity index (χ2v) is 5.58. The smallest absolute Gasteiger partial charge is 0.211 e. The Morgan fingerprint density at radius 1 is 1.06 bits per heavy atom. The van der Waals surface area contributed by atoms with Crippen LogP contribution in [0.3, 0.4) is 0 Å². The maximum Gasteiger partial charge on any atom is 0.240 e. The first-order valence-electron chi connectivity index (χ1n) is 6.04. The summed E-state index contributed by atoms with van der Waals surface area (Å²) in [5.41, 5.74) is 1.05. The van der Waals surface area contributed by atoms with E-state index in [0.29, 0.717) is 11.4 Å². The van der Waals surface area contributed by atoms with Gasteiger partial charge in [-0.05, 0) is 19.1 Å². The van der Waals surface area contributed by atoms with Crippen molar-refractivity contribution >= 4 is 10.0 Å². The van der Waals surface area contributed by atoms with Gasteiger partial charge in [0.15, 0.2) is 0 Å². The van der Waals surface area contributed by atoms with Crippen molar-refractivity contribution in [2.45, 2.75) is 45.4 Å². The molecule has 100 valence electrons. The molecule has 4 heteroatoms. The normalized spacial score (nSPS) is 10.6. The largest absolute Gasteiger partial charge is 0.240 e. The van der Waals surface area contributed by atoms with E-state index in [4.69, 9.17) is 0 Å². The van der Waals surface area contributed by atoms with Gasteiger partial charge in [-0.15, -0.1) is 0 Å². The third kappa shape index (κ3) is 6.44. The fraction of sp³-hybridized carbons (Fsp3) is 0.538. The molecular weight excluding hydrogens is 234 g/mol. The van der Waals surface area contributed by atoms with Gasteiger partial charge in [-0.1, -0.05) is 51.3 Å². The summed E-state index contributed by atoms with van der Waals surface area (Å²) in [6.45, 7) is 8.45. The highest BCUT2D eigenvalue weighted by Gasteiger charge is 2.10. The minimum absolute atomic E-state index is 0. The van der Waals surface area contributed by atoms with E-state index >= 15 is 0 Å². The lowest BCUT2D eigenvalue weighted by Gasteiger charge is -2.03. The minimum Gasteiger partial charge on any atom is -0.211 e. The van der Waals surface area contributed by atoms with Crippen LogP contribution < -0.4 is 4.72 Å². The van der Waals surface area contributed by atoms with E-state index in [-0.39, 0.29) is 1.43 Å². The van der Waals surface area contributed by atoms with Crippen molar-refractivity contribution in [3.63, 3.8) is 0 Å². The molecule has 17 heavy (non-hydrogen) atoms. The summed E-state index contributed by atoms with van der Waals surface area (Å²) in [6, 6.07) is 6.77. The van der Waals surface area contributed by atoms with Crippen molar-refractivity contribution in [3.05, 3.63) is 29.8 Å². The predicted molar refractivity (Wildman–Crippen MR) is 74.7 cm³/mol. The van der Waals surface area contributed by atoms with Crippen molar-refractivity contribution < 1.29 is 9.84 Å². The molecule has 1 aromatic rings. The van der Waals surface area contributed by atoms with Crippen LogP contribution in [-0.4, -0.2) is 15.0 Å². The highest BCUT2D eigenvalue weighted by molar-refractivity contribution is 7.89. The number of hydrogen-bond acceptors (Lipinski definition) is 2. The maximum absolute atomic E-state index is 11.4. The summed E-state index contributed by atoms with van der Waals surface area (Å²) in [4.78, 5) is 0.319. The van der Waals surface area contributed by atoms with Crippen LogP contribution >= 0.6 is 0 Å². The van der Waals surface area contributed by atoms with Crippen LogP contribution in [0.5, 0.6) is 0 Å². The molecule has 0 saturated heterocycles. The average molecular weight is 259 g/mol. The molecule has 1 N–H and O–H groups in total. The maximum atomic E-state index is 11.4. The molecule has 0 spiro atoms. The Labute approximate surface area is 107 Å². The van der Waals surface area contributed by atoms with E-state index in [1.807, 2.05) is 6.92 Å². The van der Waals surface area contributed by atoms with Crippen LogP contribution in [0.4, 0.5) is 0 Å². The summed E-state index contributed by atoms with van der Waals surface area (Å²) in [5.74, 6) is 0. The highest BCUT2D eigenvalue weighted by Crippen LogP contribution is 2.09. The topological polar surface area (TPSA) is 46.2 Å². The van der Waals surface area contributed by atoms with Gasteiger partial charge in [-0.3, -0.25) is 0 Å². The van der Waals surface area contributed by atoms with Crippen LogP contribution in [0.25, 0.3) is 0 Å². The Kier molecular flexibility index (Phi) is 7.83. The van der Waals surface area contributed by atoms with Gasteiger partial charge in [0, 0.05) is 7.97 Å². The van der Waals surface area contributed by atoms with Crippen molar-refractivity contribution in [3.8, 4) is 0 Å². The zero-order valence-electron chi connectivity index (χ0n) is 11.2. The number of nitrogens with one attached hydrogen (secondary N) is 1. The summed E-state index contributed by atoms with van der Waals surface area (Å²) in [7, 11) is -3.28. The Bertz CT molecular complexity index is 400. The van der Waals surface area contributed by atoms with Gasteiger partial charge < -0.3 is 0 Å². The molecule has 0 fully saturated rings. The third-order valence-electron chi connectivity index (χ3n) is 2.17. The van der Waals surface area contributed by atoms with Crippen LogP contribution in [0.15, 0.2) is 29.2 Å². The molecule has 3 nitrogen and oxygen atoms in total. The average Bonchev–Trinajstić information content (AvgIpc) is 2.30. The van der Waals surface area contributed by atoms with Gasteiger partial charge >= 0.3 is 0 Å². The Balaban J connectivity index is 0. The second-order valence-electron chi connectivity index (χ2n) is 3.81. The van der Waals surface area contributed by atoms with Gasteiger partial charge in [0.25, 0.3) is 0 Å². The van der Waals surface area contributed by atoms with Gasteiger partial charge in [-0.25, -0.2) is 13.1 Å². The quantitative estimate of drug-likeness (QED) is 0.901. The summed E-state index contributed by atoms with van der Waals surface area (Å²) in [5, 5.41) is 0. The fourth-order valence-electron chi connectivity index (χ4n) is 0.991. The van der Waals surface area contributed by atoms with Gasteiger partial charge in [0.2, 0.25) is 10.0 Å². The lowest BCUT2D eigenvalue weighted by molar-refractivity contribution is 0.584. The molecule has 0 heterocycles. The van der Waals surface area contributed by atoms with E-state index < -0.39 is 10.0 Å². The van der Waals surface area contributed by atoms with E-state index in [1.54, 1.807) is 31.2 Å². The van der Waals surface area contributed by atoms with E-state index in [1.165, 1.54) is 12.8 Å². The molecule has 0 aliphatic carbocycles.